The van der Waals surface area contributed by atoms with Gasteiger partial charge in [-0.3, -0.25) is 10.9 Å². The van der Waals surface area contributed by atoms with E-state index in [1.54, 1.807) is 0 Å². The van der Waals surface area contributed by atoms with Gasteiger partial charge in [-0.15, -0.1) is 0 Å². The highest BCUT2D eigenvalue weighted by atomic mass is 15.4. The standard InChI is InChI=1S/C10H20N2/c1-7(2)10-8-5-3-4-6-9(8)11-12-10/h7-12H,3-6H2,1-2H3. The van der Waals surface area contributed by atoms with Crippen LogP contribution in [0.1, 0.15) is 39.5 Å². The Balaban J connectivity index is 2.01. The molecule has 1 saturated carbocycles. The molecule has 0 aromatic rings. The van der Waals surface area contributed by atoms with Gasteiger partial charge in [0.2, 0.25) is 0 Å². The van der Waals surface area contributed by atoms with E-state index in [2.05, 4.69) is 24.7 Å². The molecule has 1 aliphatic heterocycles. The minimum atomic E-state index is 0.718. The molecule has 70 valence electrons. The second-order valence-electron chi connectivity index (χ2n) is 4.61. The van der Waals surface area contributed by atoms with Gasteiger partial charge in [0, 0.05) is 12.1 Å². The lowest BCUT2D eigenvalue weighted by molar-refractivity contribution is 0.273. The van der Waals surface area contributed by atoms with Gasteiger partial charge in [0.1, 0.15) is 0 Å². The van der Waals surface area contributed by atoms with Crippen LogP contribution in [-0.4, -0.2) is 12.1 Å². The maximum absolute atomic E-state index is 3.45. The molecule has 0 amide bonds. The van der Waals surface area contributed by atoms with E-state index in [1.165, 1.54) is 25.7 Å². The molecule has 2 N–H and O–H groups in total. The van der Waals surface area contributed by atoms with Gasteiger partial charge in [0.25, 0.3) is 0 Å². The highest BCUT2D eigenvalue weighted by Crippen LogP contribution is 2.32. The van der Waals surface area contributed by atoms with Crippen LogP contribution in [0, 0.1) is 11.8 Å². The largest absolute Gasteiger partial charge is 0.254 e. The molecule has 0 aromatic carbocycles. The molecule has 12 heavy (non-hydrogen) atoms. The average molecular weight is 168 g/mol. The van der Waals surface area contributed by atoms with Gasteiger partial charge in [-0.25, -0.2) is 0 Å². The molecule has 0 bridgehead atoms. The fourth-order valence-corrected chi connectivity index (χ4v) is 2.74. The van der Waals surface area contributed by atoms with Crippen molar-refractivity contribution in [3.63, 3.8) is 0 Å². The predicted molar refractivity (Wildman–Crippen MR) is 50.6 cm³/mol. The molecule has 0 spiro atoms. The minimum absolute atomic E-state index is 0.718. The Morgan fingerprint density at radius 2 is 1.83 bits per heavy atom. The molecule has 0 aromatic heterocycles. The molecule has 2 nitrogen and oxygen atoms in total. The predicted octanol–water partition coefficient (Wildman–Crippen LogP) is 1.68. The number of nitrogens with one attached hydrogen (secondary N) is 2. The maximum Gasteiger partial charge on any atom is 0.0279 e. The molecule has 1 aliphatic carbocycles. The molecular formula is C10H20N2. The summed E-state index contributed by atoms with van der Waals surface area (Å²) in [5.74, 6) is 1.67. The van der Waals surface area contributed by atoms with Crippen LogP contribution in [0.25, 0.3) is 0 Å². The Bertz CT molecular complexity index is 156. The Morgan fingerprint density at radius 3 is 2.58 bits per heavy atom. The monoisotopic (exact) mass is 168 g/mol. The van der Waals surface area contributed by atoms with Crippen molar-refractivity contribution in [1.82, 2.24) is 10.9 Å². The van der Waals surface area contributed by atoms with E-state index in [1.807, 2.05) is 0 Å². The van der Waals surface area contributed by atoms with E-state index in [-0.39, 0.29) is 0 Å². The zero-order chi connectivity index (χ0) is 8.55. The van der Waals surface area contributed by atoms with E-state index in [4.69, 9.17) is 0 Å². The van der Waals surface area contributed by atoms with E-state index in [0.29, 0.717) is 0 Å². The van der Waals surface area contributed by atoms with Crippen molar-refractivity contribution in [2.75, 3.05) is 0 Å². The molecule has 1 saturated heterocycles. The fraction of sp³-hybridized carbons (Fsp3) is 1.00. The SMILES string of the molecule is CC(C)C1NNC2CCCCC21. The lowest BCUT2D eigenvalue weighted by atomic mass is 9.78. The zero-order valence-corrected chi connectivity index (χ0v) is 8.14. The summed E-state index contributed by atoms with van der Waals surface area (Å²) in [5.41, 5.74) is 6.89. The van der Waals surface area contributed by atoms with Crippen LogP contribution in [0.15, 0.2) is 0 Å². The summed E-state index contributed by atoms with van der Waals surface area (Å²) < 4.78 is 0. The third kappa shape index (κ3) is 1.38. The third-order valence-electron chi connectivity index (χ3n) is 3.43. The van der Waals surface area contributed by atoms with Gasteiger partial charge in [-0.05, 0) is 24.7 Å². The summed E-state index contributed by atoms with van der Waals surface area (Å²) in [6.45, 7) is 4.63. The smallest absolute Gasteiger partial charge is 0.0279 e. The van der Waals surface area contributed by atoms with Crippen molar-refractivity contribution in [1.29, 1.82) is 0 Å². The van der Waals surface area contributed by atoms with E-state index < -0.39 is 0 Å². The van der Waals surface area contributed by atoms with Gasteiger partial charge in [0.05, 0.1) is 0 Å². The van der Waals surface area contributed by atoms with Gasteiger partial charge in [-0.2, -0.15) is 0 Å². The molecule has 2 heteroatoms. The van der Waals surface area contributed by atoms with Gasteiger partial charge >= 0.3 is 0 Å². The molecule has 2 aliphatic rings. The van der Waals surface area contributed by atoms with Crippen LogP contribution in [0.3, 0.4) is 0 Å². The van der Waals surface area contributed by atoms with Crippen molar-refractivity contribution < 1.29 is 0 Å². The van der Waals surface area contributed by atoms with Crippen molar-refractivity contribution in [3.8, 4) is 0 Å². The number of hydrazine groups is 1. The summed E-state index contributed by atoms with van der Waals surface area (Å²) in [7, 11) is 0. The van der Waals surface area contributed by atoms with Crippen molar-refractivity contribution >= 4 is 0 Å². The lowest BCUT2D eigenvalue weighted by Crippen LogP contribution is -2.35. The van der Waals surface area contributed by atoms with Gasteiger partial charge in [-0.1, -0.05) is 26.7 Å². The minimum Gasteiger partial charge on any atom is -0.254 e. The fourth-order valence-electron chi connectivity index (χ4n) is 2.74. The molecular weight excluding hydrogens is 148 g/mol. The Labute approximate surface area is 75.1 Å². The summed E-state index contributed by atoms with van der Waals surface area (Å²) in [5, 5.41) is 0. The Hall–Kier alpha value is -0.0800. The first-order chi connectivity index (χ1) is 5.79. The van der Waals surface area contributed by atoms with Crippen LogP contribution >= 0.6 is 0 Å². The molecule has 3 atom stereocenters. The first-order valence-electron chi connectivity index (χ1n) is 5.30. The van der Waals surface area contributed by atoms with Crippen LogP contribution in [0.5, 0.6) is 0 Å². The number of hydrogen-bond acceptors (Lipinski definition) is 2. The van der Waals surface area contributed by atoms with Gasteiger partial charge in [0.15, 0.2) is 0 Å². The maximum atomic E-state index is 3.45. The van der Waals surface area contributed by atoms with Crippen molar-refractivity contribution in [2.45, 2.75) is 51.6 Å². The number of rotatable bonds is 1. The summed E-state index contributed by atoms with van der Waals surface area (Å²) in [6.07, 6.45) is 5.66. The molecule has 1 heterocycles. The molecule has 2 rings (SSSR count). The van der Waals surface area contributed by atoms with Crippen LogP contribution in [0.4, 0.5) is 0 Å². The van der Waals surface area contributed by atoms with E-state index in [9.17, 15) is 0 Å². The highest BCUT2D eigenvalue weighted by Gasteiger charge is 2.38. The zero-order valence-electron chi connectivity index (χ0n) is 8.14. The number of hydrogen-bond donors (Lipinski definition) is 2. The molecule has 0 radical (unpaired) electrons. The van der Waals surface area contributed by atoms with Gasteiger partial charge < -0.3 is 0 Å². The summed E-state index contributed by atoms with van der Waals surface area (Å²) >= 11 is 0. The van der Waals surface area contributed by atoms with E-state index in [0.717, 1.165) is 23.9 Å². The normalized spacial score (nSPS) is 41.8. The van der Waals surface area contributed by atoms with Crippen molar-refractivity contribution in [2.24, 2.45) is 11.8 Å². The first-order valence-corrected chi connectivity index (χ1v) is 5.30. The molecule has 3 unspecified atom stereocenters. The van der Waals surface area contributed by atoms with Crippen LogP contribution in [0.2, 0.25) is 0 Å². The number of fused-ring (bicyclic) bond motifs is 1. The van der Waals surface area contributed by atoms with E-state index >= 15 is 0 Å². The topological polar surface area (TPSA) is 24.1 Å². The second-order valence-corrected chi connectivity index (χ2v) is 4.61. The highest BCUT2D eigenvalue weighted by molar-refractivity contribution is 4.94. The Kier molecular flexibility index (Phi) is 2.37. The third-order valence-corrected chi connectivity index (χ3v) is 3.43. The van der Waals surface area contributed by atoms with Crippen LogP contribution < -0.4 is 10.9 Å². The van der Waals surface area contributed by atoms with Crippen molar-refractivity contribution in [3.05, 3.63) is 0 Å². The Morgan fingerprint density at radius 1 is 1.08 bits per heavy atom. The average Bonchev–Trinajstić information content (AvgIpc) is 2.47. The van der Waals surface area contributed by atoms with Crippen LogP contribution in [-0.2, 0) is 0 Å². The first kappa shape index (κ1) is 8.52. The summed E-state index contributed by atoms with van der Waals surface area (Å²) in [4.78, 5) is 0. The molecule has 2 fully saturated rings. The quantitative estimate of drug-likeness (QED) is 0.622. The lowest BCUT2D eigenvalue weighted by Gasteiger charge is -2.28. The second kappa shape index (κ2) is 3.35. The summed E-state index contributed by atoms with van der Waals surface area (Å²) in [6, 6.07) is 1.49.